The van der Waals surface area contributed by atoms with Gasteiger partial charge < -0.3 is 9.14 Å². The number of nitrogens with zero attached hydrogens (tertiary/aromatic N) is 2. The van der Waals surface area contributed by atoms with Gasteiger partial charge in [0.2, 0.25) is 0 Å². The Kier molecular flexibility index (Phi) is 3.09. The van der Waals surface area contributed by atoms with Crippen molar-refractivity contribution in [3.8, 4) is 5.75 Å². The monoisotopic (exact) mass is 276 g/mol. The van der Waals surface area contributed by atoms with Gasteiger partial charge in [0.25, 0.3) is 0 Å². The van der Waals surface area contributed by atoms with E-state index in [1.54, 1.807) is 18.2 Å². The van der Waals surface area contributed by atoms with Crippen LogP contribution in [0.2, 0.25) is 5.02 Å². The summed E-state index contributed by atoms with van der Waals surface area (Å²) in [6, 6.07) is 9.63. The SMILES string of the molecule is Fc1cccc(OCc2cn3cccc(Cl)c3n2)c1. The topological polar surface area (TPSA) is 26.5 Å². The van der Waals surface area contributed by atoms with Crippen LogP contribution in [0.5, 0.6) is 5.75 Å². The van der Waals surface area contributed by atoms with Gasteiger partial charge in [0.15, 0.2) is 5.65 Å². The van der Waals surface area contributed by atoms with Gasteiger partial charge in [-0.2, -0.15) is 0 Å². The first kappa shape index (κ1) is 12.0. The van der Waals surface area contributed by atoms with E-state index in [9.17, 15) is 4.39 Å². The molecule has 3 rings (SSSR count). The third-order valence-corrected chi connectivity index (χ3v) is 2.96. The van der Waals surface area contributed by atoms with Crippen LogP contribution in [-0.2, 0) is 6.61 Å². The lowest BCUT2D eigenvalue weighted by atomic mass is 10.3. The van der Waals surface area contributed by atoms with Crippen molar-refractivity contribution in [3.63, 3.8) is 0 Å². The number of hydrogen-bond donors (Lipinski definition) is 0. The normalized spacial score (nSPS) is 10.8. The number of rotatable bonds is 3. The lowest BCUT2D eigenvalue weighted by molar-refractivity contribution is 0.300. The summed E-state index contributed by atoms with van der Waals surface area (Å²) < 4.78 is 20.3. The molecule has 0 N–H and O–H groups in total. The number of pyridine rings is 1. The molecule has 0 radical (unpaired) electrons. The molecule has 96 valence electrons. The maximum absolute atomic E-state index is 13.0. The van der Waals surface area contributed by atoms with Crippen molar-refractivity contribution in [2.45, 2.75) is 6.61 Å². The van der Waals surface area contributed by atoms with Crippen LogP contribution in [-0.4, -0.2) is 9.38 Å². The summed E-state index contributed by atoms with van der Waals surface area (Å²) in [5.41, 5.74) is 1.42. The summed E-state index contributed by atoms with van der Waals surface area (Å²) in [6.07, 6.45) is 3.69. The molecule has 2 aromatic heterocycles. The predicted octanol–water partition coefficient (Wildman–Crippen LogP) is 3.71. The summed E-state index contributed by atoms with van der Waals surface area (Å²) >= 11 is 6.03. The van der Waals surface area contributed by atoms with Crippen molar-refractivity contribution >= 4 is 17.2 Å². The first-order valence-electron chi connectivity index (χ1n) is 5.73. The minimum Gasteiger partial charge on any atom is -0.487 e. The van der Waals surface area contributed by atoms with E-state index < -0.39 is 0 Å². The average Bonchev–Trinajstić information content (AvgIpc) is 2.81. The molecule has 0 fully saturated rings. The molecule has 19 heavy (non-hydrogen) atoms. The zero-order valence-electron chi connectivity index (χ0n) is 9.88. The highest BCUT2D eigenvalue weighted by atomic mass is 35.5. The Hall–Kier alpha value is -2.07. The number of hydrogen-bond acceptors (Lipinski definition) is 2. The van der Waals surface area contributed by atoms with E-state index in [1.165, 1.54) is 12.1 Å². The highest BCUT2D eigenvalue weighted by molar-refractivity contribution is 6.33. The van der Waals surface area contributed by atoms with Crippen LogP contribution in [0.15, 0.2) is 48.8 Å². The average molecular weight is 277 g/mol. The van der Waals surface area contributed by atoms with E-state index in [2.05, 4.69) is 4.98 Å². The van der Waals surface area contributed by atoms with Crippen LogP contribution in [0.1, 0.15) is 5.69 Å². The zero-order chi connectivity index (χ0) is 13.2. The minimum atomic E-state index is -0.324. The molecule has 0 bridgehead atoms. The van der Waals surface area contributed by atoms with Crippen molar-refractivity contribution in [2.24, 2.45) is 0 Å². The van der Waals surface area contributed by atoms with E-state index >= 15 is 0 Å². The molecule has 3 aromatic rings. The largest absolute Gasteiger partial charge is 0.487 e. The Morgan fingerprint density at radius 2 is 2.16 bits per heavy atom. The van der Waals surface area contributed by atoms with Crippen molar-refractivity contribution in [1.29, 1.82) is 0 Å². The van der Waals surface area contributed by atoms with E-state index in [0.717, 1.165) is 5.69 Å². The fourth-order valence-corrected chi connectivity index (χ4v) is 2.03. The van der Waals surface area contributed by atoms with Gasteiger partial charge >= 0.3 is 0 Å². The van der Waals surface area contributed by atoms with E-state index in [-0.39, 0.29) is 12.4 Å². The third kappa shape index (κ3) is 2.53. The number of benzene rings is 1. The molecule has 0 atom stereocenters. The Balaban J connectivity index is 1.80. The molecule has 0 unspecified atom stereocenters. The Labute approximate surface area is 114 Å². The van der Waals surface area contributed by atoms with Crippen LogP contribution in [0.25, 0.3) is 5.65 Å². The number of ether oxygens (including phenoxy) is 1. The van der Waals surface area contributed by atoms with Crippen LogP contribution >= 0.6 is 11.6 Å². The van der Waals surface area contributed by atoms with Crippen LogP contribution in [0.3, 0.4) is 0 Å². The van der Waals surface area contributed by atoms with E-state index in [0.29, 0.717) is 16.4 Å². The van der Waals surface area contributed by atoms with Crippen LogP contribution in [0.4, 0.5) is 4.39 Å². The summed E-state index contributed by atoms with van der Waals surface area (Å²) in [4.78, 5) is 4.36. The predicted molar refractivity (Wildman–Crippen MR) is 70.9 cm³/mol. The fraction of sp³-hybridized carbons (Fsp3) is 0.0714. The Morgan fingerprint density at radius 3 is 2.95 bits per heavy atom. The maximum atomic E-state index is 13.0. The maximum Gasteiger partial charge on any atom is 0.155 e. The number of fused-ring (bicyclic) bond motifs is 1. The van der Waals surface area contributed by atoms with Gasteiger partial charge in [-0.3, -0.25) is 0 Å². The molecule has 0 amide bonds. The summed E-state index contributed by atoms with van der Waals surface area (Å²) in [6.45, 7) is 0.265. The minimum absolute atomic E-state index is 0.265. The molecule has 2 heterocycles. The molecule has 0 saturated heterocycles. The molecule has 0 aliphatic carbocycles. The molecule has 0 aliphatic heterocycles. The third-order valence-electron chi connectivity index (χ3n) is 2.67. The van der Waals surface area contributed by atoms with Gasteiger partial charge in [-0.1, -0.05) is 17.7 Å². The van der Waals surface area contributed by atoms with Crippen molar-refractivity contribution < 1.29 is 9.13 Å². The smallest absolute Gasteiger partial charge is 0.155 e. The lowest BCUT2D eigenvalue weighted by Gasteiger charge is -2.03. The van der Waals surface area contributed by atoms with Gasteiger partial charge in [-0.05, 0) is 24.3 Å². The van der Waals surface area contributed by atoms with Crippen molar-refractivity contribution in [1.82, 2.24) is 9.38 Å². The molecule has 0 saturated carbocycles. The number of aromatic nitrogens is 2. The van der Waals surface area contributed by atoms with Gasteiger partial charge in [0.1, 0.15) is 18.2 Å². The Morgan fingerprint density at radius 1 is 1.26 bits per heavy atom. The Bertz CT molecular complexity index is 726. The first-order chi connectivity index (χ1) is 9.22. The summed E-state index contributed by atoms with van der Waals surface area (Å²) in [5, 5.41) is 0.583. The lowest BCUT2D eigenvalue weighted by Crippen LogP contribution is -1.95. The molecule has 0 spiro atoms. The second-order valence-electron chi connectivity index (χ2n) is 4.07. The first-order valence-corrected chi connectivity index (χ1v) is 6.10. The van der Waals surface area contributed by atoms with Crippen LogP contribution < -0.4 is 4.74 Å². The zero-order valence-corrected chi connectivity index (χ0v) is 10.6. The van der Waals surface area contributed by atoms with Gasteiger partial charge in [0.05, 0.1) is 10.7 Å². The van der Waals surface area contributed by atoms with Gasteiger partial charge in [-0.25, -0.2) is 9.37 Å². The summed E-state index contributed by atoms with van der Waals surface area (Å²) in [5.74, 6) is 0.152. The fourth-order valence-electron chi connectivity index (χ4n) is 1.81. The van der Waals surface area contributed by atoms with Gasteiger partial charge in [0, 0.05) is 18.5 Å². The molecule has 3 nitrogen and oxygen atoms in total. The highest BCUT2D eigenvalue weighted by Gasteiger charge is 2.05. The number of imidazole rings is 1. The molecule has 1 aromatic carbocycles. The van der Waals surface area contributed by atoms with Crippen molar-refractivity contribution in [2.75, 3.05) is 0 Å². The quantitative estimate of drug-likeness (QED) is 0.729. The summed E-state index contributed by atoms with van der Waals surface area (Å²) in [7, 11) is 0. The molecule has 0 aliphatic rings. The van der Waals surface area contributed by atoms with E-state index in [1.807, 2.05) is 22.9 Å². The molecular weight excluding hydrogens is 267 g/mol. The highest BCUT2D eigenvalue weighted by Crippen LogP contribution is 2.18. The molecular formula is C14H10ClFN2O. The van der Waals surface area contributed by atoms with E-state index in [4.69, 9.17) is 16.3 Å². The standard InChI is InChI=1S/C14H10ClFN2O/c15-13-5-2-6-18-8-11(17-14(13)18)9-19-12-4-1-3-10(16)7-12/h1-8H,9H2. The van der Waals surface area contributed by atoms with Crippen LogP contribution in [0, 0.1) is 5.82 Å². The number of halogens is 2. The second-order valence-corrected chi connectivity index (χ2v) is 4.47. The second kappa shape index (κ2) is 4.90. The molecule has 5 heteroatoms. The van der Waals surface area contributed by atoms with Gasteiger partial charge in [-0.15, -0.1) is 0 Å². The van der Waals surface area contributed by atoms with Crippen molar-refractivity contribution in [3.05, 3.63) is 65.3 Å².